The van der Waals surface area contributed by atoms with Gasteiger partial charge in [0.25, 0.3) is 0 Å². The number of carbonyl (C=O) groups is 2. The van der Waals surface area contributed by atoms with E-state index >= 15 is 0 Å². The van der Waals surface area contributed by atoms with E-state index in [1.165, 1.54) is 14.2 Å². The monoisotopic (exact) mass is 310 g/mol. The second-order valence-electron chi connectivity index (χ2n) is 5.03. The van der Waals surface area contributed by atoms with E-state index in [0.717, 1.165) is 24.8 Å². The number of hydrogen-bond acceptors (Lipinski definition) is 4. The zero-order valence-electron chi connectivity index (χ0n) is 11.8. The van der Waals surface area contributed by atoms with Crippen molar-refractivity contribution in [1.82, 2.24) is 0 Å². The number of halogens is 1. The Balaban J connectivity index is 2.37. The molecule has 0 N–H and O–H groups in total. The van der Waals surface area contributed by atoms with Crippen LogP contribution < -0.4 is 19.3 Å². The number of rotatable bonds is 4. The second kappa shape index (κ2) is 5.11. The van der Waals surface area contributed by atoms with Crippen molar-refractivity contribution < 1.29 is 19.1 Å². The van der Waals surface area contributed by atoms with Crippen molar-refractivity contribution >= 4 is 35.8 Å². The van der Waals surface area contributed by atoms with E-state index in [9.17, 15) is 9.59 Å². The van der Waals surface area contributed by atoms with Gasteiger partial charge in [0.1, 0.15) is 5.02 Å². The molecule has 0 saturated carbocycles. The molecule has 0 aliphatic carbocycles. The van der Waals surface area contributed by atoms with Crippen molar-refractivity contribution in [1.29, 1.82) is 0 Å². The lowest BCUT2D eigenvalue weighted by Crippen LogP contribution is -2.30. The molecule has 6 nitrogen and oxygen atoms in total. The molecule has 0 fully saturated rings. The fourth-order valence-corrected chi connectivity index (χ4v) is 3.63. The maximum atomic E-state index is 11.4. The minimum Gasteiger partial charge on any atom is -0.491 e. The largest absolute Gasteiger partial charge is 0.491 e. The van der Waals surface area contributed by atoms with Crippen LogP contribution in [-0.4, -0.2) is 40.1 Å². The highest BCUT2D eigenvalue weighted by Gasteiger charge is 2.41. The summed E-state index contributed by atoms with van der Waals surface area (Å²) < 4.78 is 10.8. The quantitative estimate of drug-likeness (QED) is 0.796. The van der Waals surface area contributed by atoms with Crippen molar-refractivity contribution in [2.24, 2.45) is 0 Å². The van der Waals surface area contributed by atoms with Crippen LogP contribution in [0.4, 0.5) is 11.4 Å². The van der Waals surface area contributed by atoms with E-state index in [2.05, 4.69) is 0 Å². The van der Waals surface area contributed by atoms with Crippen LogP contribution in [0.2, 0.25) is 5.02 Å². The van der Waals surface area contributed by atoms with Gasteiger partial charge in [0.15, 0.2) is 11.5 Å². The number of nitrogens with zero attached hydrogens (tertiary/aromatic N) is 2. The molecule has 112 valence electrons. The third kappa shape index (κ3) is 1.78. The molecule has 0 aromatic heterocycles. The van der Waals surface area contributed by atoms with E-state index in [1.54, 1.807) is 9.80 Å². The number of amides is 2. The number of anilines is 2. The molecule has 1 unspecified atom stereocenters. The first kappa shape index (κ1) is 14.0. The Kier molecular flexibility index (Phi) is 3.41. The van der Waals surface area contributed by atoms with Crippen LogP contribution in [0, 0.1) is 0 Å². The topological polar surface area (TPSA) is 59.1 Å². The van der Waals surface area contributed by atoms with Gasteiger partial charge in [0.2, 0.25) is 12.8 Å². The number of ether oxygens (including phenoxy) is 2. The molecule has 3 rings (SSSR count). The van der Waals surface area contributed by atoms with E-state index in [0.29, 0.717) is 41.0 Å². The lowest BCUT2D eigenvalue weighted by Gasteiger charge is -2.31. The molecule has 2 aliphatic rings. The van der Waals surface area contributed by atoms with Crippen LogP contribution in [-0.2, 0) is 9.59 Å². The Labute approximate surface area is 127 Å². The summed E-state index contributed by atoms with van der Waals surface area (Å²) in [6.07, 6.45) is 2.32. The molecule has 21 heavy (non-hydrogen) atoms. The molecule has 0 spiro atoms. The molecule has 2 amide bonds. The highest BCUT2D eigenvalue weighted by atomic mass is 35.5. The molecule has 0 saturated heterocycles. The average Bonchev–Trinajstić information content (AvgIpc) is 2.89. The molecule has 0 radical (unpaired) electrons. The summed E-state index contributed by atoms with van der Waals surface area (Å²) in [5.41, 5.74) is 2.17. The molecule has 1 atom stereocenters. The summed E-state index contributed by atoms with van der Waals surface area (Å²) >= 11 is 6.43. The lowest BCUT2D eigenvalue weighted by molar-refractivity contribution is -0.108. The predicted molar refractivity (Wildman–Crippen MR) is 78.7 cm³/mol. The predicted octanol–water partition coefficient (Wildman–Crippen LogP) is 1.78. The first-order valence-corrected chi connectivity index (χ1v) is 6.96. The van der Waals surface area contributed by atoms with Gasteiger partial charge in [-0.1, -0.05) is 11.6 Å². The van der Waals surface area contributed by atoms with Crippen LogP contribution in [0.1, 0.15) is 17.9 Å². The van der Waals surface area contributed by atoms with Crippen LogP contribution in [0.25, 0.3) is 0 Å². The van der Waals surface area contributed by atoms with Crippen LogP contribution in [0.3, 0.4) is 0 Å². The van der Waals surface area contributed by atoms with Gasteiger partial charge in [0.05, 0.1) is 25.6 Å². The Morgan fingerprint density at radius 2 is 1.76 bits per heavy atom. The van der Waals surface area contributed by atoms with Gasteiger partial charge in [-0.15, -0.1) is 0 Å². The van der Waals surface area contributed by atoms with Crippen molar-refractivity contribution in [3.05, 3.63) is 10.6 Å². The van der Waals surface area contributed by atoms with Crippen LogP contribution in [0.15, 0.2) is 0 Å². The zero-order chi connectivity index (χ0) is 15.1. The Bertz CT molecular complexity index is 620. The van der Waals surface area contributed by atoms with Gasteiger partial charge in [-0.05, 0) is 6.42 Å². The molecule has 1 aromatic rings. The fourth-order valence-electron chi connectivity index (χ4n) is 3.26. The van der Waals surface area contributed by atoms with Crippen molar-refractivity contribution in [3.8, 4) is 11.5 Å². The maximum Gasteiger partial charge on any atom is 0.214 e. The van der Waals surface area contributed by atoms with E-state index in [1.807, 2.05) is 0 Å². The summed E-state index contributed by atoms with van der Waals surface area (Å²) in [6, 6.07) is 0. The lowest BCUT2D eigenvalue weighted by atomic mass is 9.91. The number of benzene rings is 1. The molecule has 0 bridgehead atoms. The first-order valence-electron chi connectivity index (χ1n) is 6.59. The smallest absolute Gasteiger partial charge is 0.214 e. The average molecular weight is 311 g/mol. The Morgan fingerprint density at radius 1 is 1.10 bits per heavy atom. The summed E-state index contributed by atoms with van der Waals surface area (Å²) in [5, 5.41) is 0.345. The van der Waals surface area contributed by atoms with Crippen molar-refractivity contribution in [3.63, 3.8) is 0 Å². The molecular formula is C14H15ClN2O4. The SMILES string of the molecule is COc1c(Cl)c2c3c(c1OC)N(C=O)CC3CCN2C=O. The molecular weight excluding hydrogens is 296 g/mol. The molecule has 7 heteroatoms. The number of hydrogen-bond donors (Lipinski definition) is 0. The Hall–Kier alpha value is -1.95. The summed E-state index contributed by atoms with van der Waals surface area (Å²) in [6.45, 7) is 1.14. The van der Waals surface area contributed by atoms with Crippen molar-refractivity contribution in [2.45, 2.75) is 12.3 Å². The van der Waals surface area contributed by atoms with Crippen molar-refractivity contribution in [2.75, 3.05) is 37.1 Å². The van der Waals surface area contributed by atoms with Gasteiger partial charge in [-0.25, -0.2) is 0 Å². The van der Waals surface area contributed by atoms with Gasteiger partial charge in [0, 0.05) is 24.6 Å². The minimum atomic E-state index is 0.161. The van der Waals surface area contributed by atoms with Gasteiger partial charge < -0.3 is 19.3 Å². The standard InChI is InChI=1S/C14H15ClN2O4/c1-20-13-10(15)11-9-8(3-4-16(11)6-18)5-17(7-19)12(9)14(13)21-2/h6-8H,3-5H2,1-2H3. The minimum absolute atomic E-state index is 0.161. The molecule has 1 aromatic carbocycles. The first-order chi connectivity index (χ1) is 10.2. The molecule has 2 heterocycles. The number of carbonyl (C=O) groups excluding carboxylic acids is 2. The van der Waals surface area contributed by atoms with Crippen LogP contribution >= 0.6 is 11.6 Å². The van der Waals surface area contributed by atoms with E-state index in [4.69, 9.17) is 21.1 Å². The van der Waals surface area contributed by atoms with Gasteiger partial charge >= 0.3 is 0 Å². The Morgan fingerprint density at radius 3 is 2.33 bits per heavy atom. The normalized spacial score (nSPS) is 19.3. The summed E-state index contributed by atoms with van der Waals surface area (Å²) in [5.74, 6) is 0.937. The van der Waals surface area contributed by atoms with E-state index in [-0.39, 0.29) is 5.92 Å². The second-order valence-corrected chi connectivity index (χ2v) is 5.41. The third-order valence-corrected chi connectivity index (χ3v) is 4.47. The summed E-state index contributed by atoms with van der Waals surface area (Å²) in [7, 11) is 2.99. The fraction of sp³-hybridized carbons (Fsp3) is 0.429. The highest BCUT2D eigenvalue weighted by Crippen LogP contribution is 2.58. The highest BCUT2D eigenvalue weighted by molar-refractivity contribution is 6.36. The summed E-state index contributed by atoms with van der Waals surface area (Å²) in [4.78, 5) is 25.9. The van der Waals surface area contributed by atoms with Gasteiger partial charge in [-0.2, -0.15) is 0 Å². The molecule has 2 aliphatic heterocycles. The van der Waals surface area contributed by atoms with Gasteiger partial charge in [-0.3, -0.25) is 9.59 Å². The third-order valence-electron chi connectivity index (χ3n) is 4.12. The number of methoxy groups -OCH3 is 2. The van der Waals surface area contributed by atoms with Crippen LogP contribution in [0.5, 0.6) is 11.5 Å². The maximum absolute atomic E-state index is 11.4. The zero-order valence-corrected chi connectivity index (χ0v) is 12.5. The van der Waals surface area contributed by atoms with E-state index < -0.39 is 0 Å².